The van der Waals surface area contributed by atoms with Gasteiger partial charge < -0.3 is 4.90 Å². The van der Waals surface area contributed by atoms with Crippen LogP contribution in [0.3, 0.4) is 0 Å². The molecule has 0 saturated carbocycles. The number of carbonyl (C=O) groups excluding carboxylic acids is 1. The van der Waals surface area contributed by atoms with Crippen LogP contribution in [-0.2, 0) is 11.3 Å². The van der Waals surface area contributed by atoms with E-state index in [0.29, 0.717) is 17.5 Å². The Hall–Kier alpha value is -1.34. The van der Waals surface area contributed by atoms with Crippen LogP contribution in [0.25, 0.3) is 10.2 Å². The molecule has 2 aromatic rings. The molecule has 1 fully saturated rings. The second kappa shape index (κ2) is 7.27. The van der Waals surface area contributed by atoms with Gasteiger partial charge in [-0.05, 0) is 45.6 Å². The van der Waals surface area contributed by atoms with Gasteiger partial charge in [0.1, 0.15) is 4.83 Å². The maximum atomic E-state index is 12.8. The van der Waals surface area contributed by atoms with Crippen molar-refractivity contribution in [3.63, 3.8) is 0 Å². The van der Waals surface area contributed by atoms with Gasteiger partial charge in [-0.2, -0.15) is 0 Å². The van der Waals surface area contributed by atoms with Crippen molar-refractivity contribution < 1.29 is 4.79 Å². The van der Waals surface area contributed by atoms with Gasteiger partial charge in [-0.3, -0.25) is 14.2 Å². The number of piperidine rings is 1. The maximum absolute atomic E-state index is 12.8. The van der Waals surface area contributed by atoms with Crippen LogP contribution in [0, 0.1) is 13.8 Å². The molecule has 0 aliphatic carbocycles. The van der Waals surface area contributed by atoms with Crippen LogP contribution in [0.2, 0.25) is 0 Å². The van der Waals surface area contributed by atoms with E-state index in [0.717, 1.165) is 46.6 Å². The molecular formula is C17H23N3O2S2. The normalized spacial score (nSPS) is 15.2. The average Bonchev–Trinajstić information content (AvgIpc) is 2.88. The molecule has 1 aliphatic heterocycles. The van der Waals surface area contributed by atoms with Crippen LogP contribution < -0.4 is 5.56 Å². The lowest BCUT2D eigenvalue weighted by Crippen LogP contribution is -2.36. The van der Waals surface area contributed by atoms with E-state index in [4.69, 9.17) is 0 Å². The molecule has 1 aliphatic rings. The zero-order chi connectivity index (χ0) is 17.3. The summed E-state index contributed by atoms with van der Waals surface area (Å²) in [5, 5.41) is 1.38. The van der Waals surface area contributed by atoms with Crippen LogP contribution >= 0.6 is 23.1 Å². The van der Waals surface area contributed by atoms with E-state index in [2.05, 4.69) is 4.98 Å². The third-order valence-electron chi connectivity index (χ3n) is 4.60. The number of thioether (sulfide) groups is 1. The molecule has 5 nitrogen and oxygen atoms in total. The summed E-state index contributed by atoms with van der Waals surface area (Å²) in [5.74, 6) is 0.497. The molecule has 0 atom stereocenters. The monoisotopic (exact) mass is 365 g/mol. The molecule has 3 rings (SSSR count). The van der Waals surface area contributed by atoms with Crippen molar-refractivity contribution in [2.45, 2.75) is 51.7 Å². The Morgan fingerprint density at radius 3 is 2.62 bits per heavy atom. The molecular weight excluding hydrogens is 342 g/mol. The van der Waals surface area contributed by atoms with Crippen LogP contribution in [0.4, 0.5) is 0 Å². The van der Waals surface area contributed by atoms with E-state index in [-0.39, 0.29) is 11.5 Å². The third-order valence-corrected chi connectivity index (χ3v) is 6.67. The average molecular weight is 366 g/mol. The molecule has 1 saturated heterocycles. The molecule has 0 aromatic carbocycles. The van der Waals surface area contributed by atoms with Gasteiger partial charge in [-0.15, -0.1) is 11.3 Å². The summed E-state index contributed by atoms with van der Waals surface area (Å²) in [6, 6.07) is 0. The molecule has 7 heteroatoms. The molecule has 0 spiro atoms. The van der Waals surface area contributed by atoms with Crippen molar-refractivity contribution in [3.8, 4) is 0 Å². The Bertz CT molecular complexity index is 819. The van der Waals surface area contributed by atoms with Crippen molar-refractivity contribution in [2.24, 2.45) is 0 Å². The molecule has 0 bridgehead atoms. The van der Waals surface area contributed by atoms with Crippen molar-refractivity contribution in [1.29, 1.82) is 0 Å². The number of nitrogens with zero attached hydrogens (tertiary/aromatic N) is 3. The van der Waals surface area contributed by atoms with Crippen molar-refractivity contribution >= 4 is 39.2 Å². The van der Waals surface area contributed by atoms with Gasteiger partial charge in [0, 0.05) is 24.5 Å². The number of aromatic nitrogens is 2. The predicted octanol–water partition coefficient (Wildman–Crippen LogP) is 3.20. The fourth-order valence-electron chi connectivity index (χ4n) is 3.06. The summed E-state index contributed by atoms with van der Waals surface area (Å²) in [6.07, 6.45) is 3.39. The van der Waals surface area contributed by atoms with E-state index in [9.17, 15) is 9.59 Å². The van der Waals surface area contributed by atoms with E-state index in [1.807, 2.05) is 25.7 Å². The van der Waals surface area contributed by atoms with Gasteiger partial charge in [-0.1, -0.05) is 11.8 Å². The molecule has 3 heterocycles. The summed E-state index contributed by atoms with van der Waals surface area (Å²) in [5.41, 5.74) is 1.04. The fraction of sp³-hybridized carbons (Fsp3) is 0.588. The first kappa shape index (κ1) is 17.5. The Morgan fingerprint density at radius 2 is 1.96 bits per heavy atom. The minimum Gasteiger partial charge on any atom is -0.342 e. The zero-order valence-corrected chi connectivity index (χ0v) is 16.1. The van der Waals surface area contributed by atoms with Gasteiger partial charge in [-0.25, -0.2) is 4.98 Å². The summed E-state index contributed by atoms with van der Waals surface area (Å²) in [7, 11) is 0. The highest BCUT2D eigenvalue weighted by Crippen LogP contribution is 2.28. The SMILES string of the molecule is CCn1c(SCC(=O)N2CCCCC2)nc2sc(C)c(C)c2c1=O. The Morgan fingerprint density at radius 1 is 1.25 bits per heavy atom. The molecule has 2 aromatic heterocycles. The Labute approximate surface area is 150 Å². The largest absolute Gasteiger partial charge is 0.342 e. The van der Waals surface area contributed by atoms with Crippen LogP contribution in [-0.4, -0.2) is 39.2 Å². The number of rotatable bonds is 4. The fourth-order valence-corrected chi connectivity index (χ4v) is 5.09. The van der Waals surface area contributed by atoms with E-state index >= 15 is 0 Å². The predicted molar refractivity (Wildman–Crippen MR) is 100 cm³/mol. The van der Waals surface area contributed by atoms with E-state index < -0.39 is 0 Å². The number of thiophene rings is 1. The number of aryl methyl sites for hydroxylation is 2. The van der Waals surface area contributed by atoms with E-state index in [1.165, 1.54) is 18.2 Å². The minimum absolute atomic E-state index is 0.0114. The van der Waals surface area contributed by atoms with Gasteiger partial charge in [0.05, 0.1) is 11.1 Å². The lowest BCUT2D eigenvalue weighted by Gasteiger charge is -2.26. The molecule has 0 N–H and O–H groups in total. The second-order valence-electron chi connectivity index (χ2n) is 6.14. The topological polar surface area (TPSA) is 55.2 Å². The zero-order valence-electron chi connectivity index (χ0n) is 14.4. The molecule has 1 amide bonds. The number of hydrogen-bond acceptors (Lipinski definition) is 5. The lowest BCUT2D eigenvalue weighted by atomic mass is 10.1. The highest BCUT2D eigenvalue weighted by atomic mass is 32.2. The molecule has 0 unspecified atom stereocenters. The Kier molecular flexibility index (Phi) is 5.30. The van der Waals surface area contributed by atoms with Gasteiger partial charge in [0.15, 0.2) is 5.16 Å². The number of amides is 1. The molecule has 24 heavy (non-hydrogen) atoms. The number of likely N-dealkylation sites (tertiary alicyclic amines) is 1. The Balaban J connectivity index is 1.86. The van der Waals surface area contributed by atoms with Crippen molar-refractivity contribution in [2.75, 3.05) is 18.8 Å². The van der Waals surface area contributed by atoms with Gasteiger partial charge >= 0.3 is 0 Å². The van der Waals surface area contributed by atoms with Crippen LogP contribution in [0.1, 0.15) is 36.6 Å². The highest BCUT2D eigenvalue weighted by molar-refractivity contribution is 7.99. The van der Waals surface area contributed by atoms with Crippen LogP contribution in [0.5, 0.6) is 0 Å². The highest BCUT2D eigenvalue weighted by Gasteiger charge is 2.19. The number of carbonyl (C=O) groups is 1. The van der Waals surface area contributed by atoms with Gasteiger partial charge in [0.25, 0.3) is 5.56 Å². The van der Waals surface area contributed by atoms with Crippen LogP contribution in [0.15, 0.2) is 9.95 Å². The van der Waals surface area contributed by atoms with Crippen molar-refractivity contribution in [3.05, 3.63) is 20.8 Å². The summed E-state index contributed by atoms with van der Waals surface area (Å²) in [4.78, 5) is 33.7. The first-order chi connectivity index (χ1) is 11.5. The first-order valence-corrected chi connectivity index (χ1v) is 10.2. The lowest BCUT2D eigenvalue weighted by molar-refractivity contribution is -0.129. The smallest absolute Gasteiger partial charge is 0.263 e. The second-order valence-corrected chi connectivity index (χ2v) is 8.28. The first-order valence-electron chi connectivity index (χ1n) is 8.44. The molecule has 130 valence electrons. The maximum Gasteiger partial charge on any atom is 0.263 e. The van der Waals surface area contributed by atoms with E-state index in [1.54, 1.807) is 15.9 Å². The summed E-state index contributed by atoms with van der Waals surface area (Å²) in [6.45, 7) is 8.22. The standard InChI is InChI=1S/C17H23N3O2S2/c1-4-20-16(22)14-11(2)12(3)24-15(14)18-17(20)23-10-13(21)19-8-6-5-7-9-19/h4-10H2,1-3H3. The summed E-state index contributed by atoms with van der Waals surface area (Å²) < 4.78 is 1.69. The molecule has 0 radical (unpaired) electrons. The van der Waals surface area contributed by atoms with Crippen molar-refractivity contribution in [1.82, 2.24) is 14.5 Å². The van der Waals surface area contributed by atoms with Gasteiger partial charge in [0.2, 0.25) is 5.91 Å². The minimum atomic E-state index is 0.0114. The number of hydrogen-bond donors (Lipinski definition) is 0. The summed E-state index contributed by atoms with van der Waals surface area (Å²) >= 11 is 2.94. The third kappa shape index (κ3) is 3.24. The number of fused-ring (bicyclic) bond motifs is 1. The quantitative estimate of drug-likeness (QED) is 0.617.